The topological polar surface area (TPSA) is 46.3 Å². The van der Waals surface area contributed by atoms with Crippen LogP contribution in [-0.2, 0) is 6.54 Å². The quantitative estimate of drug-likeness (QED) is 0.609. The summed E-state index contributed by atoms with van der Waals surface area (Å²) in [5, 5.41) is 4.77. The fraction of sp³-hybridized carbons (Fsp3) is 0.389. The molecule has 2 aromatic heterocycles. The van der Waals surface area contributed by atoms with Crippen molar-refractivity contribution in [3.05, 3.63) is 46.2 Å². The van der Waals surface area contributed by atoms with E-state index in [1.54, 1.807) is 16.6 Å². The molecular formula is C18H18Cl2FN5. The predicted molar refractivity (Wildman–Crippen MR) is 99.9 cm³/mol. The normalized spacial score (nSPS) is 16.1. The number of benzene rings is 1. The maximum atomic E-state index is 14.6. The van der Waals surface area contributed by atoms with Crippen molar-refractivity contribution in [3.8, 4) is 11.1 Å². The van der Waals surface area contributed by atoms with Crippen molar-refractivity contribution in [2.75, 3.05) is 13.1 Å². The van der Waals surface area contributed by atoms with Crippen LogP contribution in [0.25, 0.3) is 16.9 Å². The van der Waals surface area contributed by atoms with Crippen molar-refractivity contribution in [2.24, 2.45) is 0 Å². The first-order valence-corrected chi connectivity index (χ1v) is 9.45. The maximum absolute atomic E-state index is 14.6. The Morgan fingerprint density at radius 1 is 1.04 bits per heavy atom. The summed E-state index contributed by atoms with van der Waals surface area (Å²) in [6.07, 6.45) is 6.19. The first kappa shape index (κ1) is 17.6. The van der Waals surface area contributed by atoms with Gasteiger partial charge in [-0.1, -0.05) is 42.1 Å². The first-order valence-electron chi connectivity index (χ1n) is 8.70. The molecule has 1 fully saturated rings. The molecule has 1 aliphatic rings. The van der Waals surface area contributed by atoms with Crippen LogP contribution in [0.3, 0.4) is 0 Å². The van der Waals surface area contributed by atoms with Crippen LogP contribution in [0.4, 0.5) is 4.39 Å². The molecule has 0 saturated carbocycles. The van der Waals surface area contributed by atoms with E-state index in [1.807, 2.05) is 0 Å². The summed E-state index contributed by atoms with van der Waals surface area (Å²) < 4.78 is 16.3. The van der Waals surface area contributed by atoms with Gasteiger partial charge in [-0.15, -0.1) is 0 Å². The molecule has 4 rings (SSSR count). The van der Waals surface area contributed by atoms with Gasteiger partial charge in [-0.05, 0) is 38.1 Å². The molecule has 0 aliphatic carbocycles. The molecule has 0 amide bonds. The van der Waals surface area contributed by atoms with E-state index in [9.17, 15) is 4.39 Å². The molecular weight excluding hydrogens is 376 g/mol. The van der Waals surface area contributed by atoms with Gasteiger partial charge in [-0.2, -0.15) is 19.6 Å². The Kier molecular flexibility index (Phi) is 5.07. The van der Waals surface area contributed by atoms with Crippen LogP contribution in [-0.4, -0.2) is 37.6 Å². The Hall–Kier alpha value is -1.76. The van der Waals surface area contributed by atoms with Crippen molar-refractivity contribution in [2.45, 2.75) is 32.2 Å². The molecule has 8 heteroatoms. The van der Waals surface area contributed by atoms with Crippen molar-refractivity contribution in [1.29, 1.82) is 0 Å². The SMILES string of the molecule is Fc1cccc(Cl)c1-c1c(Cl)nc2ncnn2c1CN1CCCCCC1. The van der Waals surface area contributed by atoms with Crippen LogP contribution < -0.4 is 0 Å². The molecule has 0 N–H and O–H groups in total. The van der Waals surface area contributed by atoms with Gasteiger partial charge in [0, 0.05) is 17.7 Å². The molecule has 3 aromatic rings. The second kappa shape index (κ2) is 7.47. The van der Waals surface area contributed by atoms with Gasteiger partial charge in [0.25, 0.3) is 5.78 Å². The Balaban J connectivity index is 1.90. The summed E-state index contributed by atoms with van der Waals surface area (Å²) in [6.45, 7) is 2.56. The third-order valence-corrected chi connectivity index (χ3v) is 5.35. The fourth-order valence-corrected chi connectivity index (χ4v) is 4.04. The lowest BCUT2D eigenvalue weighted by atomic mass is 10.0. The summed E-state index contributed by atoms with van der Waals surface area (Å²) in [5.74, 6) is -0.0335. The highest BCUT2D eigenvalue weighted by atomic mass is 35.5. The van der Waals surface area contributed by atoms with Gasteiger partial charge in [0.05, 0.1) is 10.7 Å². The lowest BCUT2D eigenvalue weighted by Crippen LogP contribution is -2.26. The van der Waals surface area contributed by atoms with Crippen LogP contribution in [0.15, 0.2) is 24.5 Å². The average molecular weight is 394 g/mol. The van der Waals surface area contributed by atoms with Crippen LogP contribution in [0.2, 0.25) is 10.2 Å². The number of hydrogen-bond donors (Lipinski definition) is 0. The number of aromatic nitrogens is 4. The van der Waals surface area contributed by atoms with E-state index >= 15 is 0 Å². The number of rotatable bonds is 3. The zero-order chi connectivity index (χ0) is 18.1. The Bertz CT molecular complexity index is 914. The minimum atomic E-state index is -0.433. The van der Waals surface area contributed by atoms with E-state index in [1.165, 1.54) is 25.2 Å². The van der Waals surface area contributed by atoms with Crippen LogP contribution in [0.1, 0.15) is 31.4 Å². The minimum Gasteiger partial charge on any atom is -0.297 e. The summed E-state index contributed by atoms with van der Waals surface area (Å²) in [5.41, 5.74) is 1.50. The van der Waals surface area contributed by atoms with Crippen LogP contribution in [0.5, 0.6) is 0 Å². The molecule has 0 spiro atoms. The second-order valence-electron chi connectivity index (χ2n) is 6.48. The van der Waals surface area contributed by atoms with Gasteiger partial charge in [0.2, 0.25) is 0 Å². The molecule has 0 atom stereocenters. The predicted octanol–water partition coefficient (Wildman–Crippen LogP) is 4.61. The standard InChI is InChI=1S/C18H18Cl2FN5/c19-12-6-5-7-13(21)15(12)16-14(10-25-8-3-1-2-4-9-25)26-18(22-11-23-26)24-17(16)20/h5-7,11H,1-4,8-10H2. The molecule has 0 radical (unpaired) electrons. The lowest BCUT2D eigenvalue weighted by Gasteiger charge is -2.22. The zero-order valence-electron chi connectivity index (χ0n) is 14.1. The number of halogens is 3. The monoisotopic (exact) mass is 393 g/mol. The average Bonchev–Trinajstić information content (AvgIpc) is 2.92. The number of fused-ring (bicyclic) bond motifs is 1. The summed E-state index contributed by atoms with van der Waals surface area (Å²) >= 11 is 12.8. The Morgan fingerprint density at radius 3 is 2.54 bits per heavy atom. The fourth-order valence-electron chi connectivity index (χ4n) is 3.51. The molecule has 0 unspecified atom stereocenters. The summed E-state index contributed by atoms with van der Waals surface area (Å²) in [6, 6.07) is 4.60. The molecule has 0 bridgehead atoms. The summed E-state index contributed by atoms with van der Waals surface area (Å²) in [7, 11) is 0. The van der Waals surface area contributed by atoms with Gasteiger partial charge in [0.15, 0.2) is 0 Å². The molecule has 1 saturated heterocycles. The van der Waals surface area contributed by atoms with Crippen LogP contribution >= 0.6 is 23.2 Å². The second-order valence-corrected chi connectivity index (χ2v) is 7.25. The van der Waals surface area contributed by atoms with E-state index < -0.39 is 5.82 Å². The highest BCUT2D eigenvalue weighted by molar-refractivity contribution is 6.36. The van der Waals surface area contributed by atoms with Crippen molar-refractivity contribution >= 4 is 29.0 Å². The lowest BCUT2D eigenvalue weighted by molar-refractivity contribution is 0.272. The first-order chi connectivity index (χ1) is 12.6. The smallest absolute Gasteiger partial charge is 0.253 e. The highest BCUT2D eigenvalue weighted by Gasteiger charge is 2.24. The highest BCUT2D eigenvalue weighted by Crippen LogP contribution is 2.37. The molecule has 1 aromatic carbocycles. The van der Waals surface area contributed by atoms with Gasteiger partial charge in [0.1, 0.15) is 17.3 Å². The Morgan fingerprint density at radius 2 is 1.81 bits per heavy atom. The number of hydrogen-bond acceptors (Lipinski definition) is 4. The van der Waals surface area contributed by atoms with E-state index in [-0.39, 0.29) is 10.7 Å². The molecule has 26 heavy (non-hydrogen) atoms. The number of nitrogens with zero attached hydrogens (tertiary/aromatic N) is 5. The summed E-state index contributed by atoms with van der Waals surface area (Å²) in [4.78, 5) is 10.8. The third kappa shape index (κ3) is 3.29. The van der Waals surface area contributed by atoms with Crippen molar-refractivity contribution < 1.29 is 4.39 Å². The molecule has 3 heterocycles. The van der Waals surface area contributed by atoms with E-state index in [2.05, 4.69) is 20.0 Å². The zero-order valence-corrected chi connectivity index (χ0v) is 15.6. The minimum absolute atomic E-state index is 0.183. The molecule has 5 nitrogen and oxygen atoms in total. The molecule has 1 aliphatic heterocycles. The third-order valence-electron chi connectivity index (χ3n) is 4.76. The largest absolute Gasteiger partial charge is 0.297 e. The van der Waals surface area contributed by atoms with E-state index in [4.69, 9.17) is 23.2 Å². The van der Waals surface area contributed by atoms with Gasteiger partial charge in [-0.25, -0.2) is 4.39 Å². The maximum Gasteiger partial charge on any atom is 0.253 e. The van der Waals surface area contributed by atoms with Gasteiger partial charge >= 0.3 is 0 Å². The van der Waals surface area contributed by atoms with E-state index in [0.29, 0.717) is 22.9 Å². The number of likely N-dealkylation sites (tertiary alicyclic amines) is 1. The van der Waals surface area contributed by atoms with Gasteiger partial charge in [-0.3, -0.25) is 4.90 Å². The van der Waals surface area contributed by atoms with Crippen molar-refractivity contribution in [1.82, 2.24) is 24.5 Å². The Labute approximate surface area is 160 Å². The van der Waals surface area contributed by atoms with E-state index in [0.717, 1.165) is 31.6 Å². The van der Waals surface area contributed by atoms with Crippen LogP contribution in [0, 0.1) is 5.82 Å². The van der Waals surface area contributed by atoms with Crippen molar-refractivity contribution in [3.63, 3.8) is 0 Å². The van der Waals surface area contributed by atoms with Gasteiger partial charge < -0.3 is 0 Å². The molecule has 136 valence electrons.